The highest BCUT2D eigenvalue weighted by molar-refractivity contribution is 5.99. The molecule has 0 bridgehead atoms. The first-order chi connectivity index (χ1) is 16.2. The van der Waals surface area contributed by atoms with E-state index in [1.807, 2.05) is 35.2 Å². The number of carbonyl (C=O) groups is 1. The summed E-state index contributed by atoms with van der Waals surface area (Å²) in [7, 11) is 0. The second-order valence-corrected chi connectivity index (χ2v) is 9.16. The molecule has 0 unspecified atom stereocenters. The Morgan fingerprint density at radius 2 is 1.79 bits per heavy atom. The Morgan fingerprint density at radius 3 is 2.67 bits per heavy atom. The molecule has 4 aromatic rings. The number of para-hydroxylation sites is 1. The van der Waals surface area contributed by atoms with Crippen LogP contribution in [0.2, 0.25) is 0 Å². The first-order valence-electron chi connectivity index (χ1n) is 11.8. The molecule has 33 heavy (non-hydrogen) atoms. The first kappa shape index (κ1) is 20.2. The molecular formula is C26H28N6O. The molecule has 1 amide bonds. The zero-order valence-electron chi connectivity index (χ0n) is 18.7. The minimum Gasteiger partial charge on any atom is -0.383 e. The average Bonchev–Trinajstić information content (AvgIpc) is 3.22. The number of aryl methyl sites for hydroxylation is 2. The second kappa shape index (κ2) is 8.15. The van der Waals surface area contributed by atoms with Gasteiger partial charge in [-0.3, -0.25) is 9.69 Å². The molecule has 1 fully saturated rings. The second-order valence-electron chi connectivity index (χ2n) is 9.16. The molecule has 168 valence electrons. The molecule has 2 aromatic carbocycles. The zero-order chi connectivity index (χ0) is 22.4. The number of hydrogen-bond acceptors (Lipinski definition) is 5. The largest absolute Gasteiger partial charge is 0.383 e. The number of aromatic amines is 1. The van der Waals surface area contributed by atoms with Gasteiger partial charge in [0.25, 0.3) is 5.91 Å². The van der Waals surface area contributed by atoms with Crippen molar-refractivity contribution in [3.63, 3.8) is 0 Å². The number of aromatic nitrogens is 3. The van der Waals surface area contributed by atoms with Crippen LogP contribution < -0.4 is 5.73 Å². The molecule has 2 aliphatic rings. The van der Waals surface area contributed by atoms with E-state index in [0.717, 1.165) is 53.7 Å². The maximum Gasteiger partial charge on any atom is 0.253 e. The summed E-state index contributed by atoms with van der Waals surface area (Å²) in [5.41, 5.74) is 11.7. The standard InChI is InChI=1S/C26H28N6O/c27-25-19-6-2-4-8-22(19)29-24(30-25)16-31-11-13-32(14-12-31)26(33)17-9-10-23-20(15-17)18-5-1-3-7-21(18)28-23/h2,4,6,8-10,15,28H,1,3,5,7,11-14,16H2,(H2,27,29,30). The minimum atomic E-state index is 0.119. The van der Waals surface area contributed by atoms with Crippen molar-refractivity contribution in [1.29, 1.82) is 0 Å². The fourth-order valence-corrected chi connectivity index (χ4v) is 5.25. The topological polar surface area (TPSA) is 91.1 Å². The summed E-state index contributed by atoms with van der Waals surface area (Å²) in [4.78, 5) is 30.2. The molecule has 0 spiro atoms. The van der Waals surface area contributed by atoms with Crippen molar-refractivity contribution in [2.45, 2.75) is 32.2 Å². The third-order valence-electron chi connectivity index (χ3n) is 7.05. The van der Waals surface area contributed by atoms with Gasteiger partial charge in [0.15, 0.2) is 0 Å². The highest BCUT2D eigenvalue weighted by Gasteiger charge is 2.24. The summed E-state index contributed by atoms with van der Waals surface area (Å²) >= 11 is 0. The Hall–Kier alpha value is -3.45. The van der Waals surface area contributed by atoms with E-state index in [4.69, 9.17) is 5.73 Å². The summed E-state index contributed by atoms with van der Waals surface area (Å²) in [6.45, 7) is 3.63. The van der Waals surface area contributed by atoms with Gasteiger partial charge in [-0.05, 0) is 61.6 Å². The Balaban J connectivity index is 1.14. The monoisotopic (exact) mass is 440 g/mol. The Morgan fingerprint density at radius 1 is 0.970 bits per heavy atom. The van der Waals surface area contributed by atoms with Gasteiger partial charge >= 0.3 is 0 Å². The van der Waals surface area contributed by atoms with Crippen molar-refractivity contribution in [3.8, 4) is 0 Å². The fraction of sp³-hybridized carbons (Fsp3) is 0.346. The molecule has 1 aliphatic carbocycles. The number of rotatable bonds is 3. The lowest BCUT2D eigenvalue weighted by Gasteiger charge is -2.34. The maximum atomic E-state index is 13.2. The van der Waals surface area contributed by atoms with Gasteiger partial charge in [-0.15, -0.1) is 0 Å². The summed E-state index contributed by atoms with van der Waals surface area (Å²) in [6, 6.07) is 13.9. The van der Waals surface area contributed by atoms with E-state index in [0.29, 0.717) is 25.5 Å². The molecule has 3 heterocycles. The van der Waals surface area contributed by atoms with E-state index in [2.05, 4.69) is 32.0 Å². The number of anilines is 1. The third kappa shape index (κ3) is 3.72. The lowest BCUT2D eigenvalue weighted by atomic mass is 9.95. The SMILES string of the molecule is Nc1nc(CN2CCN(C(=O)c3ccc4[nH]c5c(c4c3)CCCC5)CC2)nc2ccccc12. The molecule has 2 aromatic heterocycles. The van der Waals surface area contributed by atoms with Crippen LogP contribution in [0.25, 0.3) is 21.8 Å². The van der Waals surface area contributed by atoms with Crippen molar-refractivity contribution >= 4 is 33.5 Å². The van der Waals surface area contributed by atoms with Crippen LogP contribution in [-0.2, 0) is 19.4 Å². The number of fused-ring (bicyclic) bond motifs is 4. The summed E-state index contributed by atoms with van der Waals surface area (Å²) in [5, 5.41) is 2.11. The Kier molecular flexibility index (Phi) is 4.99. The number of carbonyl (C=O) groups excluding carboxylic acids is 1. The number of H-pyrrole nitrogens is 1. The van der Waals surface area contributed by atoms with E-state index in [1.54, 1.807) is 0 Å². The van der Waals surface area contributed by atoms with Crippen LogP contribution in [0.5, 0.6) is 0 Å². The summed E-state index contributed by atoms with van der Waals surface area (Å²) in [5.74, 6) is 1.37. The van der Waals surface area contributed by atoms with Gasteiger partial charge in [-0.25, -0.2) is 9.97 Å². The number of nitrogens with two attached hydrogens (primary N) is 1. The molecule has 0 atom stereocenters. The van der Waals surface area contributed by atoms with E-state index in [-0.39, 0.29) is 5.91 Å². The average molecular weight is 441 g/mol. The number of nitrogens with one attached hydrogen (secondary N) is 1. The van der Waals surface area contributed by atoms with Gasteiger partial charge in [0, 0.05) is 53.7 Å². The van der Waals surface area contributed by atoms with Crippen LogP contribution in [0.1, 0.15) is 40.3 Å². The Labute approximate surface area is 192 Å². The van der Waals surface area contributed by atoms with Crippen LogP contribution in [0.4, 0.5) is 5.82 Å². The minimum absolute atomic E-state index is 0.119. The highest BCUT2D eigenvalue weighted by atomic mass is 16.2. The summed E-state index contributed by atoms with van der Waals surface area (Å²) in [6.07, 6.45) is 4.69. The van der Waals surface area contributed by atoms with E-state index in [9.17, 15) is 4.79 Å². The number of amides is 1. The van der Waals surface area contributed by atoms with E-state index < -0.39 is 0 Å². The molecule has 1 aliphatic heterocycles. The van der Waals surface area contributed by atoms with Gasteiger partial charge in [-0.2, -0.15) is 0 Å². The number of piperazine rings is 1. The van der Waals surface area contributed by atoms with Crippen molar-refractivity contribution in [1.82, 2.24) is 24.8 Å². The van der Waals surface area contributed by atoms with E-state index >= 15 is 0 Å². The first-order valence-corrected chi connectivity index (χ1v) is 11.8. The van der Waals surface area contributed by atoms with Crippen molar-refractivity contribution in [2.75, 3.05) is 31.9 Å². The highest BCUT2D eigenvalue weighted by Crippen LogP contribution is 2.30. The fourth-order valence-electron chi connectivity index (χ4n) is 5.25. The Bertz CT molecular complexity index is 1350. The normalized spacial score (nSPS) is 16.9. The van der Waals surface area contributed by atoms with Gasteiger partial charge in [-0.1, -0.05) is 12.1 Å². The quantitative estimate of drug-likeness (QED) is 0.509. The summed E-state index contributed by atoms with van der Waals surface area (Å²) < 4.78 is 0. The van der Waals surface area contributed by atoms with Crippen LogP contribution in [0.3, 0.4) is 0 Å². The molecule has 1 saturated heterocycles. The van der Waals surface area contributed by atoms with Crippen molar-refractivity contribution < 1.29 is 4.79 Å². The lowest BCUT2D eigenvalue weighted by Crippen LogP contribution is -2.48. The van der Waals surface area contributed by atoms with Gasteiger partial charge in [0.2, 0.25) is 0 Å². The maximum absolute atomic E-state index is 13.2. The van der Waals surface area contributed by atoms with Crippen LogP contribution in [0, 0.1) is 0 Å². The van der Waals surface area contributed by atoms with E-state index in [1.165, 1.54) is 29.5 Å². The van der Waals surface area contributed by atoms with Crippen molar-refractivity contribution in [2.24, 2.45) is 0 Å². The molecular weight excluding hydrogens is 412 g/mol. The molecule has 0 saturated carbocycles. The number of benzene rings is 2. The molecule has 6 rings (SSSR count). The number of nitrogens with zero attached hydrogens (tertiary/aromatic N) is 4. The molecule has 7 heteroatoms. The number of nitrogen functional groups attached to an aromatic ring is 1. The smallest absolute Gasteiger partial charge is 0.253 e. The molecule has 7 nitrogen and oxygen atoms in total. The predicted molar refractivity (Wildman–Crippen MR) is 130 cm³/mol. The van der Waals surface area contributed by atoms with Gasteiger partial charge < -0.3 is 15.6 Å². The number of hydrogen-bond donors (Lipinski definition) is 2. The third-order valence-corrected chi connectivity index (χ3v) is 7.05. The van der Waals surface area contributed by atoms with Crippen LogP contribution in [-0.4, -0.2) is 56.8 Å². The zero-order valence-corrected chi connectivity index (χ0v) is 18.7. The molecule has 0 radical (unpaired) electrons. The van der Waals surface area contributed by atoms with Crippen LogP contribution >= 0.6 is 0 Å². The van der Waals surface area contributed by atoms with Crippen LogP contribution in [0.15, 0.2) is 42.5 Å². The van der Waals surface area contributed by atoms with Gasteiger partial charge in [0.1, 0.15) is 11.6 Å². The van der Waals surface area contributed by atoms with Crippen molar-refractivity contribution in [3.05, 3.63) is 65.1 Å². The molecule has 3 N–H and O–H groups in total. The predicted octanol–water partition coefficient (Wildman–Crippen LogP) is 3.53. The lowest BCUT2D eigenvalue weighted by molar-refractivity contribution is 0.0626. The van der Waals surface area contributed by atoms with Gasteiger partial charge in [0.05, 0.1) is 12.1 Å².